The molecule has 0 bridgehead atoms. The minimum atomic E-state index is -4.73. The Labute approximate surface area is 267 Å². The van der Waals surface area contributed by atoms with E-state index in [0.29, 0.717) is 5.56 Å². The van der Waals surface area contributed by atoms with Crippen molar-refractivity contribution in [2.45, 2.75) is 45.1 Å². The van der Waals surface area contributed by atoms with E-state index in [1.54, 1.807) is 42.8 Å². The van der Waals surface area contributed by atoms with Gasteiger partial charge in [0.25, 0.3) is 16.3 Å². The molecule has 0 aliphatic heterocycles. The Morgan fingerprint density at radius 3 is 2.32 bits per heavy atom. The molecule has 3 aromatic rings. The fourth-order valence-electron chi connectivity index (χ4n) is 3.73. The van der Waals surface area contributed by atoms with Gasteiger partial charge in [-0.25, -0.2) is 22.6 Å². The summed E-state index contributed by atoms with van der Waals surface area (Å²) in [5.41, 5.74) is 0.426. The van der Waals surface area contributed by atoms with E-state index in [2.05, 4.69) is 10.4 Å². The van der Waals surface area contributed by atoms with Gasteiger partial charge < -0.3 is 19.8 Å². The number of aliphatic hydroxyl groups excluding tert-OH is 1. The number of hydrogen-bond donors (Lipinski definition) is 2. The average molecular weight is 687 g/mol. The highest BCUT2D eigenvalue weighted by atomic mass is 32.2. The molecule has 1 unspecified atom stereocenters. The van der Waals surface area contributed by atoms with E-state index in [9.17, 15) is 41.5 Å². The molecule has 0 aliphatic rings. The number of rotatable bonds is 14. The second-order valence-electron chi connectivity index (χ2n) is 10.2. The van der Waals surface area contributed by atoms with Crippen molar-refractivity contribution < 1.29 is 55.6 Å². The predicted octanol–water partition coefficient (Wildman–Crippen LogP) is 3.93. The van der Waals surface area contributed by atoms with Gasteiger partial charge in [0.1, 0.15) is 19.7 Å². The maximum atomic E-state index is 13.5. The summed E-state index contributed by atoms with van der Waals surface area (Å²) < 4.78 is 78.5. The lowest BCUT2D eigenvalue weighted by Crippen LogP contribution is -2.38. The van der Waals surface area contributed by atoms with Crippen LogP contribution in [0, 0.1) is 18.0 Å². The molecule has 1 aromatic heterocycles. The molecular weight excluding hydrogens is 653 g/mol. The van der Waals surface area contributed by atoms with Gasteiger partial charge in [-0.05, 0) is 37.3 Å². The number of ether oxygens (including phenoxy) is 2. The maximum Gasteiger partial charge on any atom is 0.435 e. The van der Waals surface area contributed by atoms with Crippen molar-refractivity contribution in [3.05, 3.63) is 71.1 Å². The van der Waals surface area contributed by atoms with Crippen LogP contribution in [0.25, 0.3) is 16.9 Å². The first-order valence-corrected chi connectivity index (χ1v) is 15.4. The molecule has 0 spiro atoms. The quantitative estimate of drug-likeness (QED) is 0.0822. The van der Waals surface area contributed by atoms with Crippen molar-refractivity contribution >= 4 is 22.1 Å². The van der Waals surface area contributed by atoms with Crippen LogP contribution in [0.1, 0.15) is 32.0 Å². The third-order valence-corrected chi connectivity index (χ3v) is 7.49. The number of carbonyl (C=O) groups excluding carboxylic acids is 2. The standard InChI is InChI=1S/C28H33F3N6O9S/c1-18(2)26(39)45-20(4)46-34-37(41)35(13-15-38)14-16-44-27(40)33-47(42,43)23-11-9-22(10-12-23)36-24(17-25(32-36)28(29,30)31)21-7-5-19(3)6-8-21/h5-12,17-18,20,38H,13-16H2,1-4H3,(H,33,40). The fraction of sp³-hybridized carbons (Fsp3) is 0.393. The molecule has 1 amide bonds. The topological polar surface area (TPSA) is 188 Å². The maximum absolute atomic E-state index is 13.5. The van der Waals surface area contributed by atoms with Crippen LogP contribution in [0.2, 0.25) is 0 Å². The summed E-state index contributed by atoms with van der Waals surface area (Å²) in [5.74, 6) is -1.04. The molecule has 0 aliphatic carbocycles. The van der Waals surface area contributed by atoms with Gasteiger partial charge >= 0.3 is 18.2 Å². The highest BCUT2D eigenvalue weighted by Gasteiger charge is 2.35. The van der Waals surface area contributed by atoms with E-state index in [1.165, 1.54) is 19.1 Å². The summed E-state index contributed by atoms with van der Waals surface area (Å²) in [7, 11) is -4.50. The summed E-state index contributed by atoms with van der Waals surface area (Å²) in [5, 5.41) is 29.2. The van der Waals surface area contributed by atoms with Gasteiger partial charge in [0, 0.05) is 12.5 Å². The van der Waals surface area contributed by atoms with Gasteiger partial charge in [0.15, 0.2) is 5.69 Å². The Morgan fingerprint density at radius 2 is 1.74 bits per heavy atom. The number of esters is 1. The molecule has 19 heteroatoms. The molecule has 0 saturated heterocycles. The summed E-state index contributed by atoms with van der Waals surface area (Å²) in [6.07, 6.45) is -7.34. The first kappa shape index (κ1) is 36.6. The number of hydrazine groups is 1. The molecule has 3 rings (SSSR count). The average Bonchev–Trinajstić information content (AvgIpc) is 3.46. The number of sulfonamides is 1. The zero-order valence-electron chi connectivity index (χ0n) is 25.7. The van der Waals surface area contributed by atoms with E-state index in [4.69, 9.17) is 14.3 Å². The SMILES string of the molecule is Cc1ccc(-c2cc(C(F)(F)F)nn2-c2ccc(S(=O)(=O)NC(=O)OCCN(CCO)[N+]([O-])=NOC(C)OC(=O)C(C)C)cc2)cc1. The van der Waals surface area contributed by atoms with Crippen molar-refractivity contribution in [2.75, 3.05) is 26.3 Å². The molecule has 0 saturated carbocycles. The Kier molecular flexibility index (Phi) is 12.1. The van der Waals surface area contributed by atoms with E-state index in [-0.39, 0.29) is 29.4 Å². The van der Waals surface area contributed by atoms with Crippen molar-refractivity contribution in [3.63, 3.8) is 0 Å². The Balaban J connectivity index is 1.65. The molecule has 1 atom stereocenters. The largest absolute Gasteiger partial charge is 0.569 e. The van der Waals surface area contributed by atoms with Crippen molar-refractivity contribution in [3.8, 4) is 16.9 Å². The number of benzene rings is 2. The van der Waals surface area contributed by atoms with Crippen molar-refractivity contribution in [1.82, 2.24) is 19.5 Å². The lowest BCUT2D eigenvalue weighted by molar-refractivity contribution is -0.713. The number of hydrogen-bond acceptors (Lipinski definition) is 11. The van der Waals surface area contributed by atoms with E-state index in [1.807, 2.05) is 6.92 Å². The second-order valence-corrected chi connectivity index (χ2v) is 11.9. The van der Waals surface area contributed by atoms with Gasteiger partial charge in [-0.15, -0.1) is 5.01 Å². The number of nitrogens with one attached hydrogen (secondary N) is 1. The number of alkyl halides is 3. The molecule has 0 radical (unpaired) electrons. The summed E-state index contributed by atoms with van der Waals surface area (Å²) in [6.45, 7) is 4.65. The van der Waals surface area contributed by atoms with Crippen LogP contribution in [-0.4, -0.2) is 77.9 Å². The molecule has 1 heterocycles. The monoisotopic (exact) mass is 686 g/mol. The predicted molar refractivity (Wildman–Crippen MR) is 157 cm³/mol. The third kappa shape index (κ3) is 10.3. The number of aliphatic hydroxyl groups is 1. The van der Waals surface area contributed by atoms with E-state index in [0.717, 1.165) is 33.5 Å². The van der Waals surface area contributed by atoms with Crippen molar-refractivity contribution in [2.24, 2.45) is 11.2 Å². The minimum Gasteiger partial charge on any atom is -0.569 e. The van der Waals surface area contributed by atoms with Crippen LogP contribution in [0.15, 0.2) is 64.8 Å². The van der Waals surface area contributed by atoms with Crippen molar-refractivity contribution in [1.29, 1.82) is 0 Å². The smallest absolute Gasteiger partial charge is 0.435 e. The third-order valence-electron chi connectivity index (χ3n) is 6.16. The number of amides is 1. The highest BCUT2D eigenvalue weighted by molar-refractivity contribution is 7.90. The van der Waals surface area contributed by atoms with Gasteiger partial charge in [0.05, 0.1) is 33.8 Å². The second kappa shape index (κ2) is 15.6. The highest BCUT2D eigenvalue weighted by Crippen LogP contribution is 2.33. The van der Waals surface area contributed by atoms with Crippen LogP contribution in [-0.2, 0) is 35.3 Å². The van der Waals surface area contributed by atoms with Gasteiger partial charge in [-0.2, -0.15) is 18.3 Å². The Morgan fingerprint density at radius 1 is 1.11 bits per heavy atom. The lowest BCUT2D eigenvalue weighted by Gasteiger charge is -2.18. The van der Waals surface area contributed by atoms with Gasteiger partial charge in [-0.3, -0.25) is 9.63 Å². The molecule has 15 nitrogen and oxygen atoms in total. The first-order valence-electron chi connectivity index (χ1n) is 14.0. The van der Waals surface area contributed by atoms with Gasteiger partial charge in [0.2, 0.25) is 5.28 Å². The lowest BCUT2D eigenvalue weighted by atomic mass is 10.1. The first-order chi connectivity index (χ1) is 22.0. The van der Waals surface area contributed by atoms with E-state index >= 15 is 0 Å². The molecule has 2 N–H and O–H groups in total. The fourth-order valence-corrected chi connectivity index (χ4v) is 4.62. The van der Waals surface area contributed by atoms with Crippen LogP contribution in [0.4, 0.5) is 18.0 Å². The number of carbonyl (C=O) groups is 2. The Bertz CT molecular complexity index is 1660. The summed E-state index contributed by atoms with van der Waals surface area (Å²) >= 11 is 0. The molecule has 2 aromatic carbocycles. The molecular formula is C28H33F3N6O9S. The number of halogens is 3. The zero-order valence-corrected chi connectivity index (χ0v) is 26.5. The normalized spacial score (nSPS) is 12.8. The van der Waals surface area contributed by atoms with E-state index < -0.39 is 64.3 Å². The van der Waals surface area contributed by atoms with Crippen LogP contribution in [0.5, 0.6) is 0 Å². The minimum absolute atomic E-state index is 0.0724. The Hall–Kier alpha value is -4.91. The van der Waals surface area contributed by atoms with Crippen LogP contribution in [0.3, 0.4) is 0 Å². The zero-order chi connectivity index (χ0) is 34.9. The van der Waals surface area contributed by atoms with Crippen LogP contribution >= 0.6 is 0 Å². The number of aryl methyl sites for hydroxylation is 1. The number of nitrogens with zero attached hydrogens (tertiary/aromatic N) is 5. The summed E-state index contributed by atoms with van der Waals surface area (Å²) in [4.78, 5) is 28.1. The molecule has 47 heavy (non-hydrogen) atoms. The molecule has 0 fully saturated rings. The molecule has 256 valence electrons. The summed E-state index contributed by atoms with van der Waals surface area (Å²) in [6, 6.07) is 12.2. The number of aromatic nitrogens is 2. The van der Waals surface area contributed by atoms with Gasteiger partial charge in [-0.1, -0.05) is 43.7 Å². The van der Waals surface area contributed by atoms with Crippen LogP contribution < -0.4 is 4.72 Å².